The summed E-state index contributed by atoms with van der Waals surface area (Å²) in [4.78, 5) is 5.18. The molecule has 0 bridgehead atoms. The molecule has 0 aliphatic carbocycles. The van der Waals surface area contributed by atoms with Crippen molar-refractivity contribution in [1.29, 1.82) is 0 Å². The van der Waals surface area contributed by atoms with E-state index in [2.05, 4.69) is 0 Å². The molecule has 0 aromatic rings. The van der Waals surface area contributed by atoms with Crippen LogP contribution in [0.25, 0.3) is 0 Å². The van der Waals surface area contributed by atoms with Crippen LogP contribution in [0.1, 0.15) is 70.6 Å². The fourth-order valence-electron chi connectivity index (χ4n) is 2.12. The van der Waals surface area contributed by atoms with Gasteiger partial charge >= 0.3 is 0 Å². The van der Waals surface area contributed by atoms with E-state index in [1.165, 1.54) is 70.4 Å². The molecule has 102 valence electrons. The largest absolute Gasteiger partial charge is 0.233 e. The second kappa shape index (κ2) is 13.2. The minimum Gasteiger partial charge on any atom is -0.233 e. The predicted molar refractivity (Wildman–Crippen MR) is 79.3 cm³/mol. The molecule has 0 saturated carbocycles. The Balaban J connectivity index is 2.01. The van der Waals surface area contributed by atoms with Crippen LogP contribution in [-0.4, -0.2) is 12.8 Å². The Morgan fingerprint density at radius 3 is 1.76 bits per heavy atom. The van der Waals surface area contributed by atoms with Crippen LogP contribution in [0.5, 0.6) is 0 Å². The Hall–Kier alpha value is 0.780. The maximum Gasteiger partial charge on any atom is 0.0825 e. The van der Waals surface area contributed by atoms with E-state index in [0.29, 0.717) is 8.50 Å². The van der Waals surface area contributed by atoms with Crippen molar-refractivity contribution in [3.63, 3.8) is 0 Å². The van der Waals surface area contributed by atoms with Gasteiger partial charge in [0.1, 0.15) is 0 Å². The summed E-state index contributed by atoms with van der Waals surface area (Å²) >= 11 is 0. The van der Waals surface area contributed by atoms with Crippen LogP contribution in [0.3, 0.4) is 0 Å². The van der Waals surface area contributed by atoms with Gasteiger partial charge in [-0.25, -0.2) is 9.56 Å². The first kappa shape index (κ1) is 15.8. The monoisotopic (exact) mass is 278 g/mol. The van der Waals surface area contributed by atoms with Gasteiger partial charge in [0.25, 0.3) is 0 Å². The molecule has 0 aromatic carbocycles. The van der Waals surface area contributed by atoms with Crippen molar-refractivity contribution in [2.45, 2.75) is 70.6 Å². The molecule has 0 aromatic heterocycles. The lowest BCUT2D eigenvalue weighted by Crippen LogP contribution is -1.90. The Morgan fingerprint density at radius 1 is 0.588 bits per heavy atom. The summed E-state index contributed by atoms with van der Waals surface area (Å²) in [6.45, 7) is 0.789. The van der Waals surface area contributed by atoms with Crippen molar-refractivity contribution in [2.75, 3.05) is 12.8 Å². The first-order valence-corrected chi connectivity index (χ1v) is 10.4. The lowest BCUT2D eigenvalue weighted by atomic mass is 10.1. The molecule has 0 radical (unpaired) electrons. The molecular weight excluding hydrogens is 250 g/mol. The fraction of sp³-hybridized carbons (Fsp3) is 1.00. The second-order valence-electron chi connectivity index (χ2n) is 4.82. The SMILES string of the molecule is C1CCCCCCOOPPCCCCCC1. The first-order chi connectivity index (χ1) is 8.50. The summed E-state index contributed by atoms with van der Waals surface area (Å²) in [5.74, 6) is 0. The van der Waals surface area contributed by atoms with E-state index in [1.807, 2.05) is 0 Å². The van der Waals surface area contributed by atoms with Crippen molar-refractivity contribution < 1.29 is 9.56 Å². The van der Waals surface area contributed by atoms with Crippen molar-refractivity contribution in [2.24, 2.45) is 0 Å². The summed E-state index contributed by atoms with van der Waals surface area (Å²) < 4.78 is 5.20. The van der Waals surface area contributed by atoms with Crippen LogP contribution in [0.4, 0.5) is 0 Å². The van der Waals surface area contributed by atoms with Crippen LogP contribution in [0.2, 0.25) is 0 Å². The maximum atomic E-state index is 5.20. The predicted octanol–water partition coefficient (Wildman–Crippen LogP) is 5.43. The Kier molecular flexibility index (Phi) is 12.3. The molecule has 1 aliphatic rings. The van der Waals surface area contributed by atoms with E-state index in [9.17, 15) is 0 Å². The molecule has 1 fully saturated rings. The van der Waals surface area contributed by atoms with Crippen molar-refractivity contribution in [3.05, 3.63) is 0 Å². The second-order valence-corrected chi connectivity index (χ2v) is 7.72. The fourth-order valence-corrected chi connectivity index (χ4v) is 4.04. The van der Waals surface area contributed by atoms with Gasteiger partial charge in [-0.15, -0.1) is 0 Å². The van der Waals surface area contributed by atoms with Gasteiger partial charge in [-0.3, -0.25) is 0 Å². The van der Waals surface area contributed by atoms with Gasteiger partial charge in [-0.1, -0.05) is 66.1 Å². The molecule has 2 nitrogen and oxygen atoms in total. The quantitative estimate of drug-likeness (QED) is 0.434. The Labute approximate surface area is 110 Å². The molecule has 2 atom stereocenters. The zero-order chi connectivity index (χ0) is 12.0. The van der Waals surface area contributed by atoms with Gasteiger partial charge < -0.3 is 0 Å². The average Bonchev–Trinajstić information content (AvgIpc) is 2.35. The summed E-state index contributed by atoms with van der Waals surface area (Å²) in [6, 6.07) is 0. The van der Waals surface area contributed by atoms with Gasteiger partial charge in [-0.2, -0.15) is 0 Å². The zero-order valence-electron chi connectivity index (χ0n) is 11.0. The minimum atomic E-state index is 0.574. The molecular formula is C13H28O2P2. The highest BCUT2D eigenvalue weighted by Gasteiger charge is 1.96. The van der Waals surface area contributed by atoms with Gasteiger partial charge in [0.15, 0.2) is 0 Å². The molecule has 1 saturated heterocycles. The molecule has 2 unspecified atom stereocenters. The first-order valence-electron chi connectivity index (χ1n) is 7.26. The molecule has 1 rings (SSSR count). The van der Waals surface area contributed by atoms with Gasteiger partial charge in [0.05, 0.1) is 15.1 Å². The highest BCUT2D eigenvalue weighted by atomic mass is 32.0. The lowest BCUT2D eigenvalue weighted by Gasteiger charge is -2.03. The molecule has 0 amide bonds. The number of hydrogen-bond acceptors (Lipinski definition) is 2. The maximum absolute atomic E-state index is 5.20. The minimum absolute atomic E-state index is 0.574. The third kappa shape index (κ3) is 11.6. The van der Waals surface area contributed by atoms with Crippen molar-refractivity contribution in [1.82, 2.24) is 0 Å². The van der Waals surface area contributed by atoms with Gasteiger partial charge in [-0.05, 0) is 19.0 Å². The van der Waals surface area contributed by atoms with Gasteiger partial charge in [0, 0.05) is 0 Å². The summed E-state index contributed by atoms with van der Waals surface area (Å²) in [6.07, 6.45) is 16.6. The number of rotatable bonds is 0. The standard InChI is InChI=1S/C13H28O2P2/c1-2-4-6-8-10-12-14-15-17-16-13-11-9-7-5-3-1/h16-17H,1-13H2. The number of hydrogen-bond donors (Lipinski definition) is 0. The van der Waals surface area contributed by atoms with Crippen LogP contribution in [-0.2, 0) is 9.56 Å². The van der Waals surface area contributed by atoms with E-state index in [0.717, 1.165) is 21.3 Å². The highest BCUT2D eigenvalue weighted by Crippen LogP contribution is 2.38. The van der Waals surface area contributed by atoms with E-state index >= 15 is 0 Å². The lowest BCUT2D eigenvalue weighted by molar-refractivity contribution is -0.194. The van der Waals surface area contributed by atoms with E-state index < -0.39 is 0 Å². The summed E-state index contributed by atoms with van der Waals surface area (Å²) in [5.41, 5.74) is 0. The molecule has 1 heterocycles. The normalized spacial score (nSPS) is 26.8. The smallest absolute Gasteiger partial charge is 0.0825 e. The van der Waals surface area contributed by atoms with Crippen LogP contribution >= 0.6 is 16.8 Å². The topological polar surface area (TPSA) is 18.5 Å². The van der Waals surface area contributed by atoms with Crippen LogP contribution in [0, 0.1) is 0 Å². The highest BCUT2D eigenvalue weighted by molar-refractivity contribution is 8.09. The molecule has 4 heteroatoms. The third-order valence-electron chi connectivity index (χ3n) is 3.20. The summed E-state index contributed by atoms with van der Waals surface area (Å²) in [5, 5.41) is 0. The molecule has 1 aliphatic heterocycles. The Morgan fingerprint density at radius 2 is 1.12 bits per heavy atom. The van der Waals surface area contributed by atoms with Crippen LogP contribution < -0.4 is 0 Å². The molecule has 0 spiro atoms. The third-order valence-corrected chi connectivity index (χ3v) is 5.58. The molecule has 17 heavy (non-hydrogen) atoms. The van der Waals surface area contributed by atoms with Crippen molar-refractivity contribution in [3.8, 4) is 0 Å². The van der Waals surface area contributed by atoms with E-state index in [4.69, 9.17) is 9.56 Å². The average molecular weight is 278 g/mol. The summed E-state index contributed by atoms with van der Waals surface area (Å²) in [7, 11) is 1.52. The van der Waals surface area contributed by atoms with Crippen molar-refractivity contribution >= 4 is 16.8 Å². The Bertz CT molecular complexity index is 86.9. The van der Waals surface area contributed by atoms with Gasteiger partial charge in [0.2, 0.25) is 0 Å². The van der Waals surface area contributed by atoms with E-state index in [-0.39, 0.29) is 0 Å². The van der Waals surface area contributed by atoms with Crippen LogP contribution in [0.15, 0.2) is 0 Å². The van der Waals surface area contributed by atoms with E-state index in [1.54, 1.807) is 0 Å². The zero-order valence-corrected chi connectivity index (χ0v) is 13.0. The molecule has 0 N–H and O–H groups in total.